The topological polar surface area (TPSA) is 71.3 Å². The van der Waals surface area contributed by atoms with Gasteiger partial charge in [-0.3, -0.25) is 5.10 Å². The number of aromatic nitrogens is 5. The maximum atomic E-state index is 13.3. The minimum atomic E-state index is -4.54. The van der Waals surface area contributed by atoms with Crippen LogP contribution in [0.5, 0.6) is 0 Å². The maximum Gasteiger partial charge on any atom is 0.435 e. The third-order valence-electron chi connectivity index (χ3n) is 5.22. The summed E-state index contributed by atoms with van der Waals surface area (Å²) in [6.45, 7) is 5.45. The molecular formula is C20H19F3N6O. The van der Waals surface area contributed by atoms with Gasteiger partial charge in [-0.2, -0.15) is 18.3 Å². The van der Waals surface area contributed by atoms with E-state index in [2.05, 4.69) is 20.1 Å². The first kappa shape index (κ1) is 18.9. The van der Waals surface area contributed by atoms with Crippen molar-refractivity contribution >= 4 is 22.4 Å². The summed E-state index contributed by atoms with van der Waals surface area (Å²) >= 11 is 0. The van der Waals surface area contributed by atoms with Crippen molar-refractivity contribution in [2.75, 3.05) is 18.0 Å². The van der Waals surface area contributed by atoms with E-state index in [4.69, 9.17) is 9.84 Å². The zero-order valence-corrected chi connectivity index (χ0v) is 16.3. The summed E-state index contributed by atoms with van der Waals surface area (Å²) in [5, 5.41) is 10.6. The molecule has 4 aromatic rings. The molecule has 1 aliphatic rings. The number of alkyl halides is 3. The Labute approximate surface area is 169 Å². The van der Waals surface area contributed by atoms with Crippen molar-refractivity contribution in [3.63, 3.8) is 0 Å². The summed E-state index contributed by atoms with van der Waals surface area (Å²) in [6.07, 6.45) is -2.76. The molecule has 1 N–H and O–H groups in total. The molecule has 0 saturated carbocycles. The average molecular weight is 416 g/mol. The Kier molecular flexibility index (Phi) is 4.21. The average Bonchev–Trinajstić information content (AvgIpc) is 3.30. The molecular weight excluding hydrogens is 397 g/mol. The fourth-order valence-corrected chi connectivity index (χ4v) is 3.98. The number of hydrogen-bond acceptors (Lipinski definition) is 5. The van der Waals surface area contributed by atoms with Crippen molar-refractivity contribution in [3.8, 4) is 11.3 Å². The lowest BCUT2D eigenvalue weighted by Crippen LogP contribution is -2.46. The van der Waals surface area contributed by atoms with Crippen molar-refractivity contribution in [1.29, 1.82) is 0 Å². The van der Waals surface area contributed by atoms with Gasteiger partial charge in [0.25, 0.3) is 0 Å². The molecule has 1 saturated heterocycles. The van der Waals surface area contributed by atoms with Gasteiger partial charge in [-0.25, -0.2) is 9.50 Å². The molecule has 0 radical (unpaired) electrons. The number of rotatable bonds is 2. The maximum absolute atomic E-state index is 13.3. The number of morpholine rings is 1. The predicted molar refractivity (Wildman–Crippen MR) is 105 cm³/mol. The molecule has 10 heteroatoms. The second-order valence-electron chi connectivity index (χ2n) is 7.60. The van der Waals surface area contributed by atoms with Crippen LogP contribution in [0.3, 0.4) is 0 Å². The van der Waals surface area contributed by atoms with Crippen LogP contribution < -0.4 is 4.90 Å². The first-order chi connectivity index (χ1) is 14.3. The Hall–Kier alpha value is -3.14. The Morgan fingerprint density at radius 2 is 1.87 bits per heavy atom. The van der Waals surface area contributed by atoms with Gasteiger partial charge in [0.1, 0.15) is 5.82 Å². The summed E-state index contributed by atoms with van der Waals surface area (Å²) in [4.78, 5) is 6.50. The van der Waals surface area contributed by atoms with E-state index < -0.39 is 11.9 Å². The number of fused-ring (bicyclic) bond motifs is 2. The van der Waals surface area contributed by atoms with Crippen LogP contribution in [0.4, 0.5) is 19.0 Å². The van der Waals surface area contributed by atoms with Gasteiger partial charge in [0.05, 0.1) is 29.6 Å². The van der Waals surface area contributed by atoms with E-state index in [1.807, 2.05) is 26.0 Å². The van der Waals surface area contributed by atoms with Crippen LogP contribution in [0.15, 0.2) is 36.5 Å². The lowest BCUT2D eigenvalue weighted by Gasteiger charge is -2.35. The number of benzene rings is 1. The first-order valence-corrected chi connectivity index (χ1v) is 9.60. The summed E-state index contributed by atoms with van der Waals surface area (Å²) in [7, 11) is 0. The number of halogens is 3. The molecule has 1 fully saturated rings. The molecule has 0 amide bonds. The van der Waals surface area contributed by atoms with E-state index in [1.54, 1.807) is 22.8 Å². The van der Waals surface area contributed by atoms with Gasteiger partial charge in [0.15, 0.2) is 11.3 Å². The third kappa shape index (κ3) is 3.17. The highest BCUT2D eigenvalue weighted by Crippen LogP contribution is 2.35. The van der Waals surface area contributed by atoms with Crippen molar-refractivity contribution in [2.24, 2.45) is 0 Å². The summed E-state index contributed by atoms with van der Waals surface area (Å²) in [5.41, 5.74) is 1.20. The Morgan fingerprint density at radius 3 is 2.60 bits per heavy atom. The van der Waals surface area contributed by atoms with E-state index >= 15 is 0 Å². The Bertz CT molecular complexity index is 1220. The number of hydrogen-bond donors (Lipinski definition) is 1. The van der Waals surface area contributed by atoms with Crippen molar-refractivity contribution < 1.29 is 17.9 Å². The molecule has 7 nitrogen and oxygen atoms in total. The van der Waals surface area contributed by atoms with Crippen LogP contribution in [0, 0.1) is 0 Å². The van der Waals surface area contributed by atoms with E-state index in [1.165, 1.54) is 6.07 Å². The van der Waals surface area contributed by atoms with Crippen LogP contribution in [0.1, 0.15) is 19.5 Å². The van der Waals surface area contributed by atoms with E-state index in [-0.39, 0.29) is 17.6 Å². The molecule has 3 aromatic heterocycles. The minimum Gasteiger partial charge on any atom is -0.372 e. The predicted octanol–water partition coefficient (Wildman–Crippen LogP) is 3.91. The molecule has 5 rings (SSSR count). The number of ether oxygens (including phenoxy) is 1. The number of nitrogens with zero attached hydrogens (tertiary/aromatic N) is 5. The van der Waals surface area contributed by atoms with E-state index in [0.29, 0.717) is 35.5 Å². The quantitative estimate of drug-likeness (QED) is 0.537. The highest BCUT2D eigenvalue weighted by Gasteiger charge is 2.36. The smallest absolute Gasteiger partial charge is 0.372 e. The molecule has 30 heavy (non-hydrogen) atoms. The fourth-order valence-electron chi connectivity index (χ4n) is 3.98. The molecule has 0 unspecified atom stereocenters. The molecule has 1 aromatic carbocycles. The summed E-state index contributed by atoms with van der Waals surface area (Å²) in [6, 6.07) is 8.54. The van der Waals surface area contributed by atoms with Gasteiger partial charge in [0.2, 0.25) is 0 Å². The Morgan fingerprint density at radius 1 is 1.10 bits per heavy atom. The SMILES string of the molecule is C[C@@H]1CN(c2ccc3ncc(-c4ccc5[nH]nc(C(F)(F)F)c5c4)n3n2)C[C@H](C)O1. The molecule has 2 atom stereocenters. The zero-order chi connectivity index (χ0) is 21.0. The number of nitrogens with one attached hydrogen (secondary N) is 1. The minimum absolute atomic E-state index is 0.0157. The number of imidazole rings is 1. The molecule has 0 bridgehead atoms. The summed E-state index contributed by atoms with van der Waals surface area (Å²) in [5.74, 6) is 0.768. The van der Waals surface area contributed by atoms with Crippen LogP contribution in [-0.2, 0) is 10.9 Å². The largest absolute Gasteiger partial charge is 0.435 e. The van der Waals surface area contributed by atoms with Gasteiger partial charge in [-0.05, 0) is 38.1 Å². The lowest BCUT2D eigenvalue weighted by atomic mass is 10.1. The molecule has 156 valence electrons. The normalized spacial score (nSPS) is 20.4. The van der Waals surface area contributed by atoms with Crippen LogP contribution in [0.25, 0.3) is 27.8 Å². The van der Waals surface area contributed by atoms with Crippen molar-refractivity contribution in [3.05, 3.63) is 42.2 Å². The monoisotopic (exact) mass is 416 g/mol. The highest BCUT2D eigenvalue weighted by atomic mass is 19.4. The van der Waals surface area contributed by atoms with Crippen LogP contribution in [-0.4, -0.2) is 50.1 Å². The van der Waals surface area contributed by atoms with E-state index in [9.17, 15) is 13.2 Å². The Balaban J connectivity index is 1.59. The second-order valence-corrected chi connectivity index (χ2v) is 7.60. The number of anilines is 1. The fraction of sp³-hybridized carbons (Fsp3) is 0.350. The second kappa shape index (κ2) is 6.69. The molecule has 0 spiro atoms. The van der Waals surface area contributed by atoms with Crippen molar-refractivity contribution in [1.82, 2.24) is 24.8 Å². The zero-order valence-electron chi connectivity index (χ0n) is 16.3. The standard InChI is InChI=1S/C20H19F3N6O/c1-11-9-28(10-12(2)30-11)18-6-5-17-24-8-16(29(17)27-18)13-3-4-15-14(7-13)19(26-25-15)20(21,22)23/h3-8,11-12H,9-10H2,1-2H3,(H,25,26)/t11-,12+. The highest BCUT2D eigenvalue weighted by molar-refractivity contribution is 5.86. The van der Waals surface area contributed by atoms with Crippen LogP contribution >= 0.6 is 0 Å². The van der Waals surface area contributed by atoms with E-state index in [0.717, 1.165) is 5.82 Å². The third-order valence-corrected chi connectivity index (χ3v) is 5.22. The van der Waals surface area contributed by atoms with Gasteiger partial charge in [-0.1, -0.05) is 6.07 Å². The van der Waals surface area contributed by atoms with Crippen molar-refractivity contribution in [2.45, 2.75) is 32.2 Å². The molecule has 1 aliphatic heterocycles. The van der Waals surface area contributed by atoms with Gasteiger partial charge in [-0.15, -0.1) is 5.10 Å². The molecule has 0 aliphatic carbocycles. The van der Waals surface area contributed by atoms with Gasteiger partial charge < -0.3 is 9.64 Å². The molecule has 4 heterocycles. The van der Waals surface area contributed by atoms with Gasteiger partial charge in [0, 0.05) is 24.0 Å². The first-order valence-electron chi connectivity index (χ1n) is 9.60. The summed E-state index contributed by atoms with van der Waals surface area (Å²) < 4.78 is 47.3. The lowest BCUT2D eigenvalue weighted by molar-refractivity contribution is -0.139. The van der Waals surface area contributed by atoms with Crippen LogP contribution in [0.2, 0.25) is 0 Å². The van der Waals surface area contributed by atoms with Gasteiger partial charge >= 0.3 is 6.18 Å². The number of aromatic amines is 1. The number of H-pyrrole nitrogens is 1.